The Kier molecular flexibility index (Phi) is 7.05. The number of nitrogens with zero attached hydrogens (tertiary/aromatic N) is 2. The largest absolute Gasteiger partial charge is 0.375 e. The molecule has 0 bridgehead atoms. The molecule has 166 valence electrons. The third-order valence-electron chi connectivity index (χ3n) is 6.34. The van der Waals surface area contributed by atoms with Crippen LogP contribution in [0.1, 0.15) is 29.6 Å². The topological polar surface area (TPSA) is 52.7 Å². The maximum atomic E-state index is 13.1. The van der Waals surface area contributed by atoms with Crippen LogP contribution >= 0.6 is 0 Å². The molecule has 0 atom stereocenters. The van der Waals surface area contributed by atoms with E-state index < -0.39 is 0 Å². The molecule has 1 saturated heterocycles. The summed E-state index contributed by atoms with van der Waals surface area (Å²) in [6.45, 7) is 2.81. The smallest absolute Gasteiger partial charge is 0.254 e. The number of piperidine rings is 1. The zero-order chi connectivity index (χ0) is 22.3. The molecular formula is C27H31N3O2. The molecule has 0 unspecified atom stereocenters. The van der Waals surface area contributed by atoms with Gasteiger partial charge in [-0.25, -0.2) is 0 Å². The predicted octanol–water partition coefficient (Wildman–Crippen LogP) is 4.33. The van der Waals surface area contributed by atoms with E-state index >= 15 is 0 Å². The number of para-hydroxylation sites is 1. The number of anilines is 1. The molecule has 1 aliphatic heterocycles. The van der Waals surface area contributed by atoms with Crippen LogP contribution in [0.3, 0.4) is 0 Å². The van der Waals surface area contributed by atoms with Crippen LogP contribution in [0.25, 0.3) is 10.8 Å². The van der Waals surface area contributed by atoms with Gasteiger partial charge in [-0.05, 0) is 48.2 Å². The molecular weight excluding hydrogens is 398 g/mol. The minimum atomic E-state index is -0.0154. The fraction of sp³-hybridized carbons (Fsp3) is 0.333. The molecule has 1 fully saturated rings. The van der Waals surface area contributed by atoms with E-state index in [2.05, 4.69) is 29.4 Å². The second kappa shape index (κ2) is 10.3. The van der Waals surface area contributed by atoms with Gasteiger partial charge in [-0.2, -0.15) is 0 Å². The normalized spacial score (nSPS) is 14.3. The zero-order valence-corrected chi connectivity index (χ0v) is 18.7. The highest BCUT2D eigenvalue weighted by Gasteiger charge is 2.28. The number of rotatable bonds is 7. The van der Waals surface area contributed by atoms with E-state index in [9.17, 15) is 9.59 Å². The third kappa shape index (κ3) is 5.10. The summed E-state index contributed by atoms with van der Waals surface area (Å²) in [5.41, 5.74) is 1.93. The Morgan fingerprint density at radius 2 is 1.62 bits per heavy atom. The van der Waals surface area contributed by atoms with Crippen LogP contribution in [0.5, 0.6) is 0 Å². The Morgan fingerprint density at radius 1 is 0.938 bits per heavy atom. The lowest BCUT2D eigenvalue weighted by Crippen LogP contribution is -2.43. The van der Waals surface area contributed by atoms with Gasteiger partial charge in [0.25, 0.3) is 5.91 Å². The first-order valence-corrected chi connectivity index (χ1v) is 11.4. The molecule has 0 saturated carbocycles. The fourth-order valence-corrected chi connectivity index (χ4v) is 4.41. The molecule has 2 amide bonds. The number of amides is 2. The number of likely N-dealkylation sites (tertiary alicyclic amines) is 1. The molecule has 1 N–H and O–H groups in total. The monoisotopic (exact) mass is 429 g/mol. The van der Waals surface area contributed by atoms with Gasteiger partial charge in [-0.3, -0.25) is 9.59 Å². The molecule has 0 aliphatic carbocycles. The average Bonchev–Trinajstić information content (AvgIpc) is 2.86. The summed E-state index contributed by atoms with van der Waals surface area (Å²) in [5.74, 6) is 0.160. The maximum Gasteiger partial charge on any atom is 0.254 e. The van der Waals surface area contributed by atoms with Crippen molar-refractivity contribution in [3.05, 3.63) is 78.4 Å². The van der Waals surface area contributed by atoms with Gasteiger partial charge >= 0.3 is 0 Å². The van der Waals surface area contributed by atoms with Gasteiger partial charge in [0.2, 0.25) is 5.91 Å². The van der Waals surface area contributed by atoms with Crippen molar-refractivity contribution in [1.82, 2.24) is 10.2 Å². The van der Waals surface area contributed by atoms with Crippen LogP contribution in [-0.2, 0) is 4.79 Å². The summed E-state index contributed by atoms with van der Waals surface area (Å²) in [7, 11) is 2.07. The molecule has 4 rings (SSSR count). The standard InChI is InChI=1S/C27H31N3O2/c1-29(23-11-3-2-4-12-23)18-8-17-28-26(31)22-15-19-30(20-16-22)27(32)25-14-7-10-21-9-5-6-13-24(21)25/h2-7,9-14,22H,8,15-20H2,1H3,(H,28,31). The molecule has 0 aromatic heterocycles. The van der Waals surface area contributed by atoms with E-state index in [1.807, 2.05) is 65.6 Å². The minimum Gasteiger partial charge on any atom is -0.375 e. The van der Waals surface area contributed by atoms with Crippen molar-refractivity contribution in [3.8, 4) is 0 Å². The number of fused-ring (bicyclic) bond motifs is 1. The molecule has 1 aliphatic rings. The Balaban J connectivity index is 1.23. The summed E-state index contributed by atoms with van der Waals surface area (Å²) in [6.07, 6.45) is 2.33. The molecule has 0 spiro atoms. The van der Waals surface area contributed by atoms with Gasteiger partial charge < -0.3 is 15.1 Å². The van der Waals surface area contributed by atoms with E-state index in [0.717, 1.165) is 29.3 Å². The second-order valence-corrected chi connectivity index (χ2v) is 8.49. The Hall–Kier alpha value is -3.34. The lowest BCUT2D eigenvalue weighted by Gasteiger charge is -2.31. The Morgan fingerprint density at radius 3 is 2.41 bits per heavy atom. The Labute approximate surface area is 190 Å². The highest BCUT2D eigenvalue weighted by molar-refractivity contribution is 6.07. The summed E-state index contributed by atoms with van der Waals surface area (Å²) >= 11 is 0. The number of nitrogens with one attached hydrogen (secondary N) is 1. The molecule has 3 aromatic carbocycles. The van der Waals surface area contributed by atoms with E-state index in [1.165, 1.54) is 5.69 Å². The minimum absolute atomic E-state index is 0.0154. The van der Waals surface area contributed by atoms with Gasteiger partial charge in [0.05, 0.1) is 0 Å². The van der Waals surface area contributed by atoms with Crippen molar-refractivity contribution in [2.24, 2.45) is 5.92 Å². The van der Waals surface area contributed by atoms with Crippen molar-refractivity contribution in [2.45, 2.75) is 19.3 Å². The fourth-order valence-electron chi connectivity index (χ4n) is 4.41. The zero-order valence-electron chi connectivity index (χ0n) is 18.7. The highest BCUT2D eigenvalue weighted by atomic mass is 16.2. The molecule has 32 heavy (non-hydrogen) atoms. The lowest BCUT2D eigenvalue weighted by atomic mass is 9.94. The number of carbonyl (C=O) groups excluding carboxylic acids is 2. The highest BCUT2D eigenvalue weighted by Crippen LogP contribution is 2.23. The van der Waals surface area contributed by atoms with E-state index in [-0.39, 0.29) is 17.7 Å². The van der Waals surface area contributed by atoms with Crippen molar-refractivity contribution in [3.63, 3.8) is 0 Å². The Bertz CT molecular complexity index is 1050. The van der Waals surface area contributed by atoms with E-state index in [0.29, 0.717) is 32.5 Å². The van der Waals surface area contributed by atoms with Crippen molar-refractivity contribution >= 4 is 28.3 Å². The van der Waals surface area contributed by atoms with Crippen molar-refractivity contribution in [2.75, 3.05) is 38.1 Å². The van der Waals surface area contributed by atoms with Crippen LogP contribution in [0.15, 0.2) is 72.8 Å². The number of hydrogen-bond donors (Lipinski definition) is 1. The number of benzene rings is 3. The van der Waals surface area contributed by atoms with Crippen LogP contribution in [-0.4, -0.2) is 49.9 Å². The summed E-state index contributed by atoms with van der Waals surface area (Å²) in [5, 5.41) is 5.15. The van der Waals surface area contributed by atoms with Gasteiger partial charge in [0, 0.05) is 50.4 Å². The van der Waals surface area contributed by atoms with Crippen molar-refractivity contribution in [1.29, 1.82) is 0 Å². The van der Waals surface area contributed by atoms with Gasteiger partial charge in [0.15, 0.2) is 0 Å². The van der Waals surface area contributed by atoms with Crippen molar-refractivity contribution < 1.29 is 9.59 Å². The molecule has 1 heterocycles. The molecule has 0 radical (unpaired) electrons. The summed E-state index contributed by atoms with van der Waals surface area (Å²) in [6, 6.07) is 24.1. The summed E-state index contributed by atoms with van der Waals surface area (Å²) < 4.78 is 0. The third-order valence-corrected chi connectivity index (χ3v) is 6.34. The summed E-state index contributed by atoms with van der Waals surface area (Å²) in [4.78, 5) is 29.8. The van der Waals surface area contributed by atoms with Crippen LogP contribution in [0, 0.1) is 5.92 Å². The first-order chi connectivity index (χ1) is 15.6. The molecule has 5 nitrogen and oxygen atoms in total. The average molecular weight is 430 g/mol. The number of hydrogen-bond acceptors (Lipinski definition) is 3. The quantitative estimate of drug-likeness (QED) is 0.569. The van der Waals surface area contributed by atoms with Crippen LogP contribution < -0.4 is 10.2 Å². The van der Waals surface area contributed by atoms with Crippen LogP contribution in [0.2, 0.25) is 0 Å². The second-order valence-electron chi connectivity index (χ2n) is 8.49. The van der Waals surface area contributed by atoms with Crippen LogP contribution in [0.4, 0.5) is 5.69 Å². The molecule has 5 heteroatoms. The molecule has 3 aromatic rings. The SMILES string of the molecule is CN(CCCNC(=O)C1CCN(C(=O)c2cccc3ccccc23)CC1)c1ccccc1. The van der Waals surface area contributed by atoms with E-state index in [1.54, 1.807) is 0 Å². The first kappa shape index (κ1) is 21.9. The maximum absolute atomic E-state index is 13.1. The lowest BCUT2D eigenvalue weighted by molar-refractivity contribution is -0.126. The predicted molar refractivity (Wildman–Crippen MR) is 130 cm³/mol. The van der Waals surface area contributed by atoms with Gasteiger partial charge in [-0.15, -0.1) is 0 Å². The van der Waals surface area contributed by atoms with Gasteiger partial charge in [-0.1, -0.05) is 54.6 Å². The van der Waals surface area contributed by atoms with E-state index in [4.69, 9.17) is 0 Å². The number of carbonyl (C=O) groups is 2. The van der Waals surface area contributed by atoms with Gasteiger partial charge in [0.1, 0.15) is 0 Å². The first-order valence-electron chi connectivity index (χ1n) is 11.4.